The van der Waals surface area contributed by atoms with Crippen molar-refractivity contribution in [1.82, 2.24) is 5.32 Å². The molecular formula is C14H21NOS. The molecule has 0 bridgehead atoms. The second-order valence-electron chi connectivity index (χ2n) is 4.61. The Morgan fingerprint density at radius 3 is 3.00 bits per heavy atom. The summed E-state index contributed by atoms with van der Waals surface area (Å²) in [6.45, 7) is 2.36. The molecular weight excluding hydrogens is 230 g/mol. The summed E-state index contributed by atoms with van der Waals surface area (Å²) in [4.78, 5) is 1.24. The second kappa shape index (κ2) is 6.31. The summed E-state index contributed by atoms with van der Waals surface area (Å²) in [7, 11) is 1.74. The molecule has 1 aliphatic heterocycles. The summed E-state index contributed by atoms with van der Waals surface area (Å²) in [6.07, 6.45) is 5.96. The number of rotatable bonds is 4. The fourth-order valence-corrected chi connectivity index (χ4v) is 3.06. The van der Waals surface area contributed by atoms with E-state index in [-0.39, 0.29) is 0 Å². The molecule has 0 aromatic heterocycles. The first-order chi connectivity index (χ1) is 8.33. The van der Waals surface area contributed by atoms with Gasteiger partial charge < -0.3 is 10.1 Å². The van der Waals surface area contributed by atoms with Crippen LogP contribution in [-0.2, 0) is 6.42 Å². The summed E-state index contributed by atoms with van der Waals surface area (Å²) >= 11 is 1.76. The Hall–Kier alpha value is -0.670. The molecule has 94 valence electrons. The Labute approximate surface area is 108 Å². The molecule has 1 aromatic rings. The number of hydrogen-bond acceptors (Lipinski definition) is 3. The number of ether oxygens (including phenoxy) is 1. The third-order valence-electron chi connectivity index (χ3n) is 3.37. The number of nitrogens with one attached hydrogen (secondary N) is 1. The van der Waals surface area contributed by atoms with Gasteiger partial charge in [0, 0.05) is 4.90 Å². The van der Waals surface area contributed by atoms with E-state index in [2.05, 4.69) is 29.8 Å². The van der Waals surface area contributed by atoms with E-state index in [1.807, 2.05) is 0 Å². The average Bonchev–Trinajstić information content (AvgIpc) is 2.40. The van der Waals surface area contributed by atoms with Gasteiger partial charge in [-0.3, -0.25) is 0 Å². The van der Waals surface area contributed by atoms with E-state index in [1.54, 1.807) is 18.9 Å². The topological polar surface area (TPSA) is 21.3 Å². The van der Waals surface area contributed by atoms with Crippen molar-refractivity contribution in [2.45, 2.75) is 24.2 Å². The van der Waals surface area contributed by atoms with Crippen LogP contribution in [0, 0.1) is 5.92 Å². The van der Waals surface area contributed by atoms with Gasteiger partial charge in [0.1, 0.15) is 5.75 Å². The minimum atomic E-state index is 0.798. The van der Waals surface area contributed by atoms with E-state index >= 15 is 0 Å². The highest BCUT2D eigenvalue weighted by atomic mass is 32.2. The van der Waals surface area contributed by atoms with Gasteiger partial charge in [0.2, 0.25) is 0 Å². The van der Waals surface area contributed by atoms with Crippen molar-refractivity contribution in [3.8, 4) is 5.75 Å². The summed E-state index contributed by atoms with van der Waals surface area (Å²) < 4.78 is 5.35. The van der Waals surface area contributed by atoms with Crippen LogP contribution in [0.25, 0.3) is 0 Å². The van der Waals surface area contributed by atoms with Gasteiger partial charge in [0.05, 0.1) is 7.11 Å². The zero-order valence-corrected chi connectivity index (χ0v) is 11.5. The van der Waals surface area contributed by atoms with Gasteiger partial charge in [-0.25, -0.2) is 0 Å². The molecule has 1 aliphatic rings. The van der Waals surface area contributed by atoms with Gasteiger partial charge in [0.15, 0.2) is 0 Å². The lowest BCUT2D eigenvalue weighted by Gasteiger charge is -2.23. The SMILES string of the molecule is COc1ccc(CC2CCCNC2)cc1SC. The van der Waals surface area contributed by atoms with Gasteiger partial charge in [-0.15, -0.1) is 11.8 Å². The van der Waals surface area contributed by atoms with E-state index in [9.17, 15) is 0 Å². The minimum Gasteiger partial charge on any atom is -0.496 e. The molecule has 1 unspecified atom stereocenters. The molecule has 1 atom stereocenters. The van der Waals surface area contributed by atoms with Crippen LogP contribution in [0.2, 0.25) is 0 Å². The molecule has 1 saturated heterocycles. The maximum absolute atomic E-state index is 5.35. The van der Waals surface area contributed by atoms with E-state index in [0.29, 0.717) is 0 Å². The van der Waals surface area contributed by atoms with Gasteiger partial charge in [0.25, 0.3) is 0 Å². The van der Waals surface area contributed by atoms with E-state index in [0.717, 1.165) is 11.7 Å². The first kappa shape index (κ1) is 12.8. The summed E-state index contributed by atoms with van der Waals surface area (Å²) in [5.41, 5.74) is 1.43. The highest BCUT2D eigenvalue weighted by Crippen LogP contribution is 2.29. The number of thioether (sulfide) groups is 1. The summed E-state index contributed by atoms with van der Waals surface area (Å²) in [5, 5.41) is 3.48. The second-order valence-corrected chi connectivity index (χ2v) is 5.45. The molecule has 2 rings (SSSR count). The predicted octanol–water partition coefficient (Wildman–Crippen LogP) is 2.96. The zero-order chi connectivity index (χ0) is 12.1. The van der Waals surface area contributed by atoms with E-state index in [4.69, 9.17) is 4.74 Å². The smallest absolute Gasteiger partial charge is 0.132 e. The lowest BCUT2D eigenvalue weighted by Crippen LogP contribution is -2.30. The Morgan fingerprint density at radius 2 is 2.35 bits per heavy atom. The van der Waals surface area contributed by atoms with Crippen LogP contribution in [0.1, 0.15) is 18.4 Å². The fourth-order valence-electron chi connectivity index (χ4n) is 2.44. The Kier molecular flexibility index (Phi) is 4.75. The Morgan fingerprint density at radius 1 is 1.47 bits per heavy atom. The van der Waals surface area contributed by atoms with Crippen molar-refractivity contribution < 1.29 is 4.74 Å². The minimum absolute atomic E-state index is 0.798. The summed E-state index contributed by atoms with van der Waals surface area (Å²) in [5.74, 6) is 1.79. The van der Waals surface area contributed by atoms with Crippen molar-refractivity contribution in [2.75, 3.05) is 26.5 Å². The third-order valence-corrected chi connectivity index (χ3v) is 4.13. The van der Waals surface area contributed by atoms with Crippen molar-refractivity contribution in [3.05, 3.63) is 23.8 Å². The zero-order valence-electron chi connectivity index (χ0n) is 10.7. The van der Waals surface area contributed by atoms with Crippen molar-refractivity contribution in [2.24, 2.45) is 5.92 Å². The lowest BCUT2D eigenvalue weighted by atomic mass is 9.92. The average molecular weight is 251 g/mol. The number of benzene rings is 1. The van der Waals surface area contributed by atoms with Crippen LogP contribution in [0.5, 0.6) is 5.75 Å². The molecule has 1 fully saturated rings. The molecule has 1 aromatic carbocycles. The quantitative estimate of drug-likeness (QED) is 0.831. The van der Waals surface area contributed by atoms with Crippen LogP contribution < -0.4 is 10.1 Å². The van der Waals surface area contributed by atoms with Crippen molar-refractivity contribution >= 4 is 11.8 Å². The standard InChI is InChI=1S/C14H21NOS/c1-16-13-6-5-11(9-14(13)17-2)8-12-4-3-7-15-10-12/h5-6,9,12,15H,3-4,7-8,10H2,1-2H3. The lowest BCUT2D eigenvalue weighted by molar-refractivity contribution is 0.375. The van der Waals surface area contributed by atoms with Crippen LogP contribution in [-0.4, -0.2) is 26.5 Å². The van der Waals surface area contributed by atoms with Crippen LogP contribution >= 0.6 is 11.8 Å². The molecule has 0 aliphatic carbocycles. The number of piperidine rings is 1. The molecule has 1 heterocycles. The van der Waals surface area contributed by atoms with Crippen LogP contribution in [0.4, 0.5) is 0 Å². The summed E-state index contributed by atoms with van der Waals surface area (Å²) in [6, 6.07) is 6.57. The maximum Gasteiger partial charge on any atom is 0.132 e. The van der Waals surface area contributed by atoms with Gasteiger partial charge in [-0.2, -0.15) is 0 Å². The third kappa shape index (κ3) is 3.39. The largest absolute Gasteiger partial charge is 0.496 e. The van der Waals surface area contributed by atoms with E-state index < -0.39 is 0 Å². The van der Waals surface area contributed by atoms with Gasteiger partial charge in [-0.1, -0.05) is 6.07 Å². The Balaban J connectivity index is 2.05. The van der Waals surface area contributed by atoms with Crippen LogP contribution in [0.3, 0.4) is 0 Å². The van der Waals surface area contributed by atoms with Crippen LogP contribution in [0.15, 0.2) is 23.1 Å². The molecule has 3 heteroatoms. The first-order valence-electron chi connectivity index (χ1n) is 6.25. The number of methoxy groups -OCH3 is 1. The molecule has 17 heavy (non-hydrogen) atoms. The highest BCUT2D eigenvalue weighted by Gasteiger charge is 2.14. The molecule has 0 spiro atoms. The molecule has 2 nitrogen and oxygen atoms in total. The van der Waals surface area contributed by atoms with E-state index in [1.165, 1.54) is 42.8 Å². The van der Waals surface area contributed by atoms with Crippen molar-refractivity contribution in [3.63, 3.8) is 0 Å². The molecule has 1 N–H and O–H groups in total. The van der Waals surface area contributed by atoms with Gasteiger partial charge >= 0.3 is 0 Å². The van der Waals surface area contributed by atoms with Crippen molar-refractivity contribution in [1.29, 1.82) is 0 Å². The normalized spacial score (nSPS) is 20.2. The molecule has 0 saturated carbocycles. The molecule has 0 radical (unpaired) electrons. The highest BCUT2D eigenvalue weighted by molar-refractivity contribution is 7.98. The predicted molar refractivity (Wildman–Crippen MR) is 74.1 cm³/mol. The first-order valence-corrected chi connectivity index (χ1v) is 7.47. The maximum atomic E-state index is 5.35. The number of hydrogen-bond donors (Lipinski definition) is 1. The Bertz CT molecular complexity index is 361. The van der Waals surface area contributed by atoms with Gasteiger partial charge in [-0.05, 0) is 62.2 Å². The molecule has 0 amide bonds. The fraction of sp³-hybridized carbons (Fsp3) is 0.571. The monoisotopic (exact) mass is 251 g/mol.